The zero-order chi connectivity index (χ0) is 20.7. The Hall–Kier alpha value is -2.28. The molecule has 1 saturated heterocycles. The Bertz CT molecular complexity index is 655. The van der Waals surface area contributed by atoms with Crippen molar-refractivity contribution in [3.63, 3.8) is 0 Å². The number of amides is 3. The van der Waals surface area contributed by atoms with Gasteiger partial charge in [0, 0.05) is 32.2 Å². The van der Waals surface area contributed by atoms with E-state index < -0.39 is 0 Å². The highest BCUT2D eigenvalue weighted by molar-refractivity contribution is 5.78. The fourth-order valence-corrected chi connectivity index (χ4v) is 3.17. The molecule has 2 rings (SSSR count). The van der Waals surface area contributed by atoms with Crippen LogP contribution in [0.15, 0.2) is 24.3 Å². The van der Waals surface area contributed by atoms with Crippen molar-refractivity contribution in [1.82, 2.24) is 20.4 Å². The molecule has 1 atom stereocenters. The average Bonchev–Trinajstić information content (AvgIpc) is 2.61. The molecule has 1 aliphatic rings. The van der Waals surface area contributed by atoms with Crippen LogP contribution in [0.2, 0.25) is 0 Å². The fourth-order valence-electron chi connectivity index (χ4n) is 3.17. The first kappa shape index (κ1) is 22.0. The molecule has 1 unspecified atom stereocenters. The Morgan fingerprint density at radius 2 is 1.71 bits per heavy atom. The highest BCUT2D eigenvalue weighted by atomic mass is 16.5. The topological polar surface area (TPSA) is 73.9 Å². The van der Waals surface area contributed by atoms with Crippen molar-refractivity contribution in [2.24, 2.45) is 0 Å². The van der Waals surface area contributed by atoms with Gasteiger partial charge in [0.15, 0.2) is 0 Å². The van der Waals surface area contributed by atoms with Gasteiger partial charge in [0.1, 0.15) is 5.75 Å². The Labute approximate surface area is 168 Å². The van der Waals surface area contributed by atoms with Crippen LogP contribution < -0.4 is 15.4 Å². The van der Waals surface area contributed by atoms with E-state index in [1.54, 1.807) is 0 Å². The lowest BCUT2D eigenvalue weighted by molar-refractivity contribution is -0.123. The minimum atomic E-state index is -0.113. The highest BCUT2D eigenvalue weighted by Gasteiger charge is 2.23. The first-order valence-electron chi connectivity index (χ1n) is 10.1. The monoisotopic (exact) mass is 390 g/mol. The lowest BCUT2D eigenvalue weighted by atomic mass is 10.1. The molecular formula is C21H34N4O3. The summed E-state index contributed by atoms with van der Waals surface area (Å²) in [6, 6.07) is 7.78. The van der Waals surface area contributed by atoms with E-state index in [0.717, 1.165) is 11.3 Å². The zero-order valence-corrected chi connectivity index (χ0v) is 17.7. The minimum Gasteiger partial charge on any atom is -0.491 e. The van der Waals surface area contributed by atoms with Gasteiger partial charge >= 0.3 is 6.03 Å². The summed E-state index contributed by atoms with van der Waals surface area (Å²) in [7, 11) is 0. The highest BCUT2D eigenvalue weighted by Crippen LogP contribution is 2.20. The van der Waals surface area contributed by atoms with Crippen LogP contribution in [-0.4, -0.2) is 66.6 Å². The molecule has 0 bridgehead atoms. The zero-order valence-electron chi connectivity index (χ0n) is 17.7. The van der Waals surface area contributed by atoms with E-state index in [9.17, 15) is 9.59 Å². The van der Waals surface area contributed by atoms with E-state index in [1.807, 2.05) is 63.8 Å². The van der Waals surface area contributed by atoms with Gasteiger partial charge in [-0.05, 0) is 52.3 Å². The molecule has 0 radical (unpaired) electrons. The summed E-state index contributed by atoms with van der Waals surface area (Å²) in [6.07, 6.45) is 0.110. The van der Waals surface area contributed by atoms with Crippen LogP contribution in [0.4, 0.5) is 4.79 Å². The van der Waals surface area contributed by atoms with Crippen molar-refractivity contribution < 1.29 is 14.3 Å². The third-order valence-corrected chi connectivity index (χ3v) is 4.55. The number of nitrogens with one attached hydrogen (secondary N) is 2. The maximum Gasteiger partial charge on any atom is 0.317 e. The van der Waals surface area contributed by atoms with E-state index in [-0.39, 0.29) is 30.1 Å². The Morgan fingerprint density at radius 3 is 2.32 bits per heavy atom. The van der Waals surface area contributed by atoms with E-state index >= 15 is 0 Å². The normalized spacial score (nSPS) is 16.2. The number of hydrogen-bond donors (Lipinski definition) is 2. The second-order valence-electron chi connectivity index (χ2n) is 7.90. The summed E-state index contributed by atoms with van der Waals surface area (Å²) in [4.78, 5) is 28.4. The SMILES string of the molecule is CC(C)NC(=O)CN1CCN(C(=O)NC(C)c2cccc(OC(C)C)c2)CC1. The van der Waals surface area contributed by atoms with Crippen LogP contribution in [0.5, 0.6) is 5.75 Å². The van der Waals surface area contributed by atoms with Crippen molar-refractivity contribution in [3.05, 3.63) is 29.8 Å². The number of ether oxygens (including phenoxy) is 1. The van der Waals surface area contributed by atoms with Crippen LogP contribution in [0.1, 0.15) is 46.2 Å². The number of piperazine rings is 1. The second kappa shape index (κ2) is 10.3. The van der Waals surface area contributed by atoms with Crippen LogP contribution >= 0.6 is 0 Å². The molecule has 0 spiro atoms. The number of benzene rings is 1. The molecule has 1 fully saturated rings. The molecule has 0 saturated carbocycles. The molecular weight excluding hydrogens is 356 g/mol. The van der Waals surface area contributed by atoms with Gasteiger partial charge in [0.2, 0.25) is 5.91 Å². The molecule has 0 aliphatic carbocycles. The minimum absolute atomic E-state index is 0.0324. The number of urea groups is 1. The first-order chi connectivity index (χ1) is 13.2. The Morgan fingerprint density at radius 1 is 1.04 bits per heavy atom. The summed E-state index contributed by atoms with van der Waals surface area (Å²) in [5.74, 6) is 0.840. The predicted octanol–water partition coefficient (Wildman–Crippen LogP) is 2.39. The summed E-state index contributed by atoms with van der Waals surface area (Å²) in [5.41, 5.74) is 1.01. The quantitative estimate of drug-likeness (QED) is 0.750. The predicted molar refractivity (Wildman–Crippen MR) is 110 cm³/mol. The Balaban J connectivity index is 1.81. The largest absolute Gasteiger partial charge is 0.491 e. The average molecular weight is 391 g/mol. The van der Waals surface area contributed by atoms with Gasteiger partial charge < -0.3 is 20.3 Å². The summed E-state index contributed by atoms with van der Waals surface area (Å²) in [5, 5.41) is 5.96. The van der Waals surface area contributed by atoms with E-state index in [1.165, 1.54) is 0 Å². The summed E-state index contributed by atoms with van der Waals surface area (Å²) < 4.78 is 5.73. The lowest BCUT2D eigenvalue weighted by Gasteiger charge is -2.35. The fraction of sp³-hybridized carbons (Fsp3) is 0.619. The molecule has 1 aromatic carbocycles. The number of carbonyl (C=O) groups excluding carboxylic acids is 2. The van der Waals surface area contributed by atoms with Gasteiger partial charge in [0.05, 0.1) is 18.7 Å². The van der Waals surface area contributed by atoms with Crippen LogP contribution in [0.25, 0.3) is 0 Å². The molecule has 1 aliphatic heterocycles. The molecule has 0 aromatic heterocycles. The van der Waals surface area contributed by atoms with Gasteiger partial charge in [-0.3, -0.25) is 9.69 Å². The lowest BCUT2D eigenvalue weighted by Crippen LogP contribution is -2.53. The van der Waals surface area contributed by atoms with E-state index in [4.69, 9.17) is 4.74 Å². The number of hydrogen-bond acceptors (Lipinski definition) is 4. The van der Waals surface area contributed by atoms with Gasteiger partial charge in [-0.25, -0.2) is 4.79 Å². The molecule has 156 valence electrons. The maximum absolute atomic E-state index is 12.6. The standard InChI is InChI=1S/C21H34N4O3/c1-15(2)22-20(26)14-24-9-11-25(12-10-24)21(27)23-17(5)18-7-6-8-19(13-18)28-16(3)4/h6-8,13,15-17H,9-12,14H2,1-5H3,(H,22,26)(H,23,27). The summed E-state index contributed by atoms with van der Waals surface area (Å²) >= 11 is 0. The van der Waals surface area contributed by atoms with Crippen molar-refractivity contribution in [2.45, 2.75) is 52.8 Å². The molecule has 1 aromatic rings. The van der Waals surface area contributed by atoms with Crippen LogP contribution in [-0.2, 0) is 4.79 Å². The molecule has 3 amide bonds. The van der Waals surface area contributed by atoms with Crippen molar-refractivity contribution in [3.8, 4) is 5.75 Å². The van der Waals surface area contributed by atoms with Gasteiger partial charge in [0.25, 0.3) is 0 Å². The number of nitrogens with zero attached hydrogens (tertiary/aromatic N) is 2. The molecule has 7 heteroatoms. The molecule has 28 heavy (non-hydrogen) atoms. The summed E-state index contributed by atoms with van der Waals surface area (Å²) in [6.45, 7) is 12.9. The second-order valence-corrected chi connectivity index (χ2v) is 7.90. The number of rotatable bonds is 7. The van der Waals surface area contributed by atoms with E-state index in [2.05, 4.69) is 15.5 Å². The van der Waals surface area contributed by atoms with Crippen molar-refractivity contribution in [2.75, 3.05) is 32.7 Å². The van der Waals surface area contributed by atoms with E-state index in [0.29, 0.717) is 32.7 Å². The third kappa shape index (κ3) is 7.03. The van der Waals surface area contributed by atoms with Crippen LogP contribution in [0, 0.1) is 0 Å². The molecule has 2 N–H and O–H groups in total. The van der Waals surface area contributed by atoms with Crippen LogP contribution in [0.3, 0.4) is 0 Å². The maximum atomic E-state index is 12.6. The van der Waals surface area contributed by atoms with Gasteiger partial charge in [-0.1, -0.05) is 12.1 Å². The van der Waals surface area contributed by atoms with Gasteiger partial charge in [-0.15, -0.1) is 0 Å². The van der Waals surface area contributed by atoms with Crippen molar-refractivity contribution in [1.29, 1.82) is 0 Å². The Kier molecular flexibility index (Phi) is 8.11. The first-order valence-corrected chi connectivity index (χ1v) is 10.1. The third-order valence-electron chi connectivity index (χ3n) is 4.55. The number of carbonyl (C=O) groups is 2. The van der Waals surface area contributed by atoms with Crippen molar-refractivity contribution >= 4 is 11.9 Å². The molecule has 1 heterocycles. The smallest absolute Gasteiger partial charge is 0.317 e. The van der Waals surface area contributed by atoms with Gasteiger partial charge in [-0.2, -0.15) is 0 Å². The molecule has 7 nitrogen and oxygen atoms in total.